The van der Waals surface area contributed by atoms with Crippen molar-refractivity contribution < 1.29 is 4.92 Å². The van der Waals surface area contributed by atoms with Crippen LogP contribution in [-0.4, -0.2) is 40.1 Å². The van der Waals surface area contributed by atoms with Gasteiger partial charge in [-0.2, -0.15) is 5.10 Å². The van der Waals surface area contributed by atoms with E-state index in [1.165, 1.54) is 29.6 Å². The van der Waals surface area contributed by atoms with Crippen molar-refractivity contribution in [2.45, 2.75) is 0 Å². The van der Waals surface area contributed by atoms with Crippen LogP contribution in [0.5, 0.6) is 0 Å². The van der Waals surface area contributed by atoms with E-state index in [0.29, 0.717) is 11.3 Å². The molecule has 2 aromatic rings. The zero-order chi connectivity index (χ0) is 13.8. The summed E-state index contributed by atoms with van der Waals surface area (Å²) >= 11 is 0. The van der Waals surface area contributed by atoms with Gasteiger partial charge < -0.3 is 4.90 Å². The molecule has 8 nitrogen and oxygen atoms in total. The largest absolute Gasteiger partial charge is 0.372 e. The van der Waals surface area contributed by atoms with Crippen LogP contribution in [0.2, 0.25) is 0 Å². The van der Waals surface area contributed by atoms with Crippen LogP contribution in [0, 0.1) is 10.1 Å². The molecule has 19 heavy (non-hydrogen) atoms. The highest BCUT2D eigenvalue weighted by atomic mass is 16.6. The van der Waals surface area contributed by atoms with Gasteiger partial charge in [0, 0.05) is 25.7 Å². The van der Waals surface area contributed by atoms with E-state index in [0.717, 1.165) is 0 Å². The smallest absolute Gasteiger partial charge is 0.293 e. The normalized spacial score (nSPS) is 10.8. The predicted octanol–water partition coefficient (Wildman–Crippen LogP) is 1.13. The number of hydrogen-bond acceptors (Lipinski definition) is 6. The van der Waals surface area contributed by atoms with Crippen molar-refractivity contribution in [3.05, 3.63) is 46.5 Å². The van der Waals surface area contributed by atoms with Crippen molar-refractivity contribution in [3.8, 4) is 0 Å². The molecule has 0 unspecified atom stereocenters. The number of nitro groups is 1. The van der Waals surface area contributed by atoms with Gasteiger partial charge in [-0.1, -0.05) is 6.07 Å². The van der Waals surface area contributed by atoms with Crippen molar-refractivity contribution in [1.82, 2.24) is 14.9 Å². The standard InChI is InChI=1S/C11H12N6O2/c1-15(2)10-4-3-9(5-11(10)17(18)19)6-14-16-7-12-13-8-16/h3-8H,1-2H3/b14-6-. The monoisotopic (exact) mass is 260 g/mol. The lowest BCUT2D eigenvalue weighted by molar-refractivity contribution is -0.384. The molecule has 0 amide bonds. The first kappa shape index (κ1) is 12.7. The minimum Gasteiger partial charge on any atom is -0.372 e. The van der Waals surface area contributed by atoms with Crippen molar-refractivity contribution >= 4 is 17.6 Å². The van der Waals surface area contributed by atoms with Gasteiger partial charge in [-0.05, 0) is 6.07 Å². The number of rotatable bonds is 4. The van der Waals surface area contributed by atoms with E-state index in [4.69, 9.17) is 0 Å². The molecule has 1 heterocycles. The van der Waals surface area contributed by atoms with Crippen LogP contribution >= 0.6 is 0 Å². The Morgan fingerprint density at radius 3 is 2.63 bits per heavy atom. The number of benzene rings is 1. The van der Waals surface area contributed by atoms with E-state index < -0.39 is 4.92 Å². The molecule has 0 aliphatic carbocycles. The summed E-state index contributed by atoms with van der Waals surface area (Å²) in [5, 5.41) is 22.3. The second-order valence-corrected chi connectivity index (χ2v) is 3.99. The van der Waals surface area contributed by atoms with E-state index in [1.54, 1.807) is 31.1 Å². The van der Waals surface area contributed by atoms with Crippen molar-refractivity contribution in [3.63, 3.8) is 0 Å². The summed E-state index contributed by atoms with van der Waals surface area (Å²) in [6, 6.07) is 4.92. The molecule has 1 aromatic carbocycles. The number of nitro benzene ring substituents is 1. The third-order valence-electron chi connectivity index (χ3n) is 2.42. The quantitative estimate of drug-likeness (QED) is 0.467. The van der Waals surface area contributed by atoms with Crippen LogP contribution in [-0.2, 0) is 0 Å². The summed E-state index contributed by atoms with van der Waals surface area (Å²) in [6.07, 6.45) is 4.37. The number of nitrogens with zero attached hydrogens (tertiary/aromatic N) is 6. The number of hydrogen-bond donors (Lipinski definition) is 0. The van der Waals surface area contributed by atoms with Gasteiger partial charge in [0.05, 0.1) is 11.1 Å². The third-order valence-corrected chi connectivity index (χ3v) is 2.42. The summed E-state index contributed by atoms with van der Waals surface area (Å²) in [6.45, 7) is 0. The molecule has 0 N–H and O–H groups in total. The minimum atomic E-state index is -0.411. The van der Waals surface area contributed by atoms with Gasteiger partial charge in [0.15, 0.2) is 0 Å². The Morgan fingerprint density at radius 1 is 1.37 bits per heavy atom. The maximum absolute atomic E-state index is 11.0. The van der Waals surface area contributed by atoms with Crippen molar-refractivity contribution in [1.29, 1.82) is 0 Å². The molecule has 0 aliphatic heterocycles. The maximum Gasteiger partial charge on any atom is 0.293 e. The van der Waals surface area contributed by atoms with E-state index in [9.17, 15) is 10.1 Å². The molecule has 0 saturated carbocycles. The first-order valence-electron chi connectivity index (χ1n) is 5.42. The second-order valence-electron chi connectivity index (χ2n) is 3.99. The first-order chi connectivity index (χ1) is 9.08. The fraction of sp³-hybridized carbons (Fsp3) is 0.182. The molecule has 1 aromatic heterocycles. The molecular formula is C11H12N6O2. The lowest BCUT2D eigenvalue weighted by Crippen LogP contribution is -2.11. The number of anilines is 1. The first-order valence-corrected chi connectivity index (χ1v) is 5.42. The van der Waals surface area contributed by atoms with Gasteiger partial charge in [0.25, 0.3) is 5.69 Å². The van der Waals surface area contributed by atoms with E-state index >= 15 is 0 Å². The fourth-order valence-corrected chi connectivity index (χ4v) is 1.53. The molecule has 0 bridgehead atoms. The molecular weight excluding hydrogens is 248 g/mol. The van der Waals surface area contributed by atoms with Crippen LogP contribution in [0.3, 0.4) is 0 Å². The van der Waals surface area contributed by atoms with Crippen LogP contribution in [0.4, 0.5) is 11.4 Å². The zero-order valence-electron chi connectivity index (χ0n) is 10.5. The molecule has 0 aliphatic rings. The minimum absolute atomic E-state index is 0.0395. The molecule has 0 radical (unpaired) electrons. The van der Waals surface area contributed by atoms with Crippen molar-refractivity contribution in [2.75, 3.05) is 19.0 Å². The van der Waals surface area contributed by atoms with Crippen LogP contribution in [0.25, 0.3) is 0 Å². The molecule has 8 heteroatoms. The average Bonchev–Trinajstić information content (AvgIpc) is 2.88. The topological polar surface area (TPSA) is 89.5 Å². The SMILES string of the molecule is CN(C)c1ccc(/C=N\n2cnnc2)cc1[N+](=O)[O-]. The van der Waals surface area contributed by atoms with Crippen LogP contribution < -0.4 is 4.90 Å². The Balaban J connectivity index is 2.33. The predicted molar refractivity (Wildman–Crippen MR) is 70.4 cm³/mol. The summed E-state index contributed by atoms with van der Waals surface area (Å²) in [5.74, 6) is 0. The van der Waals surface area contributed by atoms with Gasteiger partial charge in [0.2, 0.25) is 0 Å². The summed E-state index contributed by atoms with van der Waals surface area (Å²) in [7, 11) is 3.51. The van der Waals surface area contributed by atoms with Gasteiger partial charge in [-0.3, -0.25) is 10.1 Å². The average molecular weight is 260 g/mol. The Labute approximate surface area is 109 Å². The Morgan fingerprint density at radius 2 is 2.05 bits per heavy atom. The Kier molecular flexibility index (Phi) is 3.51. The molecule has 2 rings (SSSR count). The fourth-order valence-electron chi connectivity index (χ4n) is 1.53. The van der Waals surface area contributed by atoms with Gasteiger partial charge >= 0.3 is 0 Å². The van der Waals surface area contributed by atoms with Crippen LogP contribution in [0.1, 0.15) is 5.56 Å². The zero-order valence-corrected chi connectivity index (χ0v) is 10.5. The molecule has 0 spiro atoms. The number of aromatic nitrogens is 3. The Bertz CT molecular complexity index is 606. The third kappa shape index (κ3) is 2.92. The van der Waals surface area contributed by atoms with E-state index in [1.807, 2.05) is 0 Å². The highest BCUT2D eigenvalue weighted by Gasteiger charge is 2.15. The molecule has 98 valence electrons. The summed E-state index contributed by atoms with van der Waals surface area (Å²) in [5.41, 5.74) is 1.22. The van der Waals surface area contributed by atoms with E-state index in [2.05, 4.69) is 15.3 Å². The summed E-state index contributed by atoms with van der Waals surface area (Å²) < 4.78 is 1.41. The van der Waals surface area contributed by atoms with Gasteiger partial charge in [0.1, 0.15) is 18.3 Å². The molecule has 0 atom stereocenters. The Hall–Kier alpha value is -2.77. The van der Waals surface area contributed by atoms with E-state index in [-0.39, 0.29) is 5.69 Å². The molecule has 0 saturated heterocycles. The summed E-state index contributed by atoms with van der Waals surface area (Å²) in [4.78, 5) is 12.3. The lowest BCUT2D eigenvalue weighted by Gasteiger charge is -2.12. The van der Waals surface area contributed by atoms with Crippen molar-refractivity contribution in [2.24, 2.45) is 5.10 Å². The molecule has 0 fully saturated rings. The van der Waals surface area contributed by atoms with Gasteiger partial charge in [-0.15, -0.1) is 10.2 Å². The maximum atomic E-state index is 11.0. The lowest BCUT2D eigenvalue weighted by atomic mass is 10.2. The highest BCUT2D eigenvalue weighted by Crippen LogP contribution is 2.27. The second kappa shape index (κ2) is 5.25. The van der Waals surface area contributed by atoms with Crippen LogP contribution in [0.15, 0.2) is 36.0 Å². The highest BCUT2D eigenvalue weighted by molar-refractivity contribution is 5.83. The van der Waals surface area contributed by atoms with Gasteiger partial charge in [-0.25, -0.2) is 4.68 Å².